The molecule has 3 aromatic rings. The predicted molar refractivity (Wildman–Crippen MR) is 125 cm³/mol. The molecule has 6 nitrogen and oxygen atoms in total. The van der Waals surface area contributed by atoms with Crippen LogP contribution in [0.15, 0.2) is 36.4 Å². The second-order valence-corrected chi connectivity index (χ2v) is 9.78. The van der Waals surface area contributed by atoms with Gasteiger partial charge in [-0.05, 0) is 61.1 Å². The zero-order valence-corrected chi connectivity index (χ0v) is 18.8. The third-order valence-electron chi connectivity index (χ3n) is 5.75. The number of nitrogens with one attached hydrogen (secondary N) is 1. The molecule has 2 N–H and O–H groups in total. The molecule has 2 aromatic carbocycles. The number of aromatic nitrogens is 1. The molecular formula is C23H23N3O3S2. The maximum atomic E-state index is 11.1. The van der Waals surface area contributed by atoms with E-state index < -0.39 is 5.97 Å². The summed E-state index contributed by atoms with van der Waals surface area (Å²) in [5, 5.41) is 10.3. The lowest BCUT2D eigenvalue weighted by atomic mass is 9.90. The monoisotopic (exact) mass is 453 g/mol. The number of anilines is 1. The summed E-state index contributed by atoms with van der Waals surface area (Å²) >= 11 is 3.27. The molecule has 1 aromatic heterocycles. The van der Waals surface area contributed by atoms with Crippen LogP contribution in [0, 0.1) is 0 Å². The van der Waals surface area contributed by atoms with Gasteiger partial charge in [-0.1, -0.05) is 12.1 Å². The largest absolute Gasteiger partial charge is 0.495 e. The lowest BCUT2D eigenvalue weighted by Crippen LogP contribution is -2.10. The number of carbonyl (C=O) groups is 1. The Hall–Kier alpha value is -2.55. The highest BCUT2D eigenvalue weighted by atomic mass is 32.2. The van der Waals surface area contributed by atoms with E-state index in [1.54, 1.807) is 23.5 Å². The van der Waals surface area contributed by atoms with Gasteiger partial charge < -0.3 is 14.6 Å². The fraction of sp³-hybridized carbons (Fsp3) is 0.304. The highest BCUT2D eigenvalue weighted by Gasteiger charge is 2.25. The second kappa shape index (κ2) is 8.53. The smallest absolute Gasteiger partial charge is 0.335 e. The molecule has 2 heterocycles. The minimum Gasteiger partial charge on any atom is -0.495 e. The standard InChI is InChI=1S/C23H23N3O3S2/c1-29-20-11-17(23(27)28)8-9-18(20)25-31-26-12-19-21(13-26)30-22(24-19)16-7-6-14-4-2-3-5-15(14)10-16/h6-11,25H,2-5,12-13H2,1H3,(H,27,28). The number of aromatic carboxylic acids is 1. The summed E-state index contributed by atoms with van der Waals surface area (Å²) in [5.41, 5.74) is 6.31. The van der Waals surface area contributed by atoms with E-state index in [2.05, 4.69) is 27.2 Å². The first-order chi connectivity index (χ1) is 15.1. The van der Waals surface area contributed by atoms with Crippen molar-refractivity contribution in [2.45, 2.75) is 38.8 Å². The van der Waals surface area contributed by atoms with E-state index in [9.17, 15) is 4.79 Å². The van der Waals surface area contributed by atoms with Crippen molar-refractivity contribution < 1.29 is 14.6 Å². The van der Waals surface area contributed by atoms with Gasteiger partial charge in [0.05, 0.1) is 30.6 Å². The fourth-order valence-electron chi connectivity index (χ4n) is 4.09. The maximum Gasteiger partial charge on any atom is 0.335 e. The van der Waals surface area contributed by atoms with Crippen LogP contribution >= 0.6 is 23.5 Å². The number of carboxylic acid groups (broad SMARTS) is 1. The van der Waals surface area contributed by atoms with Crippen LogP contribution in [0.3, 0.4) is 0 Å². The van der Waals surface area contributed by atoms with Crippen LogP contribution in [-0.4, -0.2) is 27.5 Å². The molecule has 1 aliphatic heterocycles. The van der Waals surface area contributed by atoms with Crippen molar-refractivity contribution in [2.24, 2.45) is 0 Å². The number of rotatable bonds is 6. The SMILES string of the molecule is COc1cc(C(=O)O)ccc1NSN1Cc2nc(-c3ccc4c(c3)CCCC4)sc2C1. The van der Waals surface area contributed by atoms with Crippen LogP contribution < -0.4 is 9.46 Å². The number of benzene rings is 2. The van der Waals surface area contributed by atoms with Crippen molar-refractivity contribution in [1.29, 1.82) is 0 Å². The van der Waals surface area contributed by atoms with Gasteiger partial charge in [0, 0.05) is 29.1 Å². The molecule has 31 heavy (non-hydrogen) atoms. The first kappa shape index (κ1) is 20.4. The maximum absolute atomic E-state index is 11.1. The Bertz CT molecular complexity index is 1120. The highest BCUT2D eigenvalue weighted by Crippen LogP contribution is 2.38. The topological polar surface area (TPSA) is 74.7 Å². The number of carboxylic acids is 1. The van der Waals surface area contributed by atoms with Gasteiger partial charge in [0.25, 0.3) is 0 Å². The van der Waals surface area contributed by atoms with E-state index in [1.165, 1.54) is 72.6 Å². The van der Waals surface area contributed by atoms with E-state index in [-0.39, 0.29) is 5.56 Å². The summed E-state index contributed by atoms with van der Waals surface area (Å²) in [6.07, 6.45) is 4.97. The lowest BCUT2D eigenvalue weighted by molar-refractivity contribution is 0.0696. The van der Waals surface area contributed by atoms with Crippen molar-refractivity contribution in [2.75, 3.05) is 11.8 Å². The molecule has 0 saturated carbocycles. The summed E-state index contributed by atoms with van der Waals surface area (Å²) in [6.45, 7) is 1.59. The molecule has 0 amide bonds. The first-order valence-electron chi connectivity index (χ1n) is 10.3. The summed E-state index contributed by atoms with van der Waals surface area (Å²) < 4.78 is 10.8. The van der Waals surface area contributed by atoms with Gasteiger partial charge in [0.2, 0.25) is 0 Å². The number of thiazole rings is 1. The zero-order valence-electron chi connectivity index (χ0n) is 17.2. The van der Waals surface area contributed by atoms with Crippen molar-refractivity contribution in [3.8, 4) is 16.3 Å². The predicted octanol–water partition coefficient (Wildman–Crippen LogP) is 5.39. The molecule has 0 bridgehead atoms. The van der Waals surface area contributed by atoms with Crippen LogP contribution in [0.2, 0.25) is 0 Å². The Kier molecular flexibility index (Phi) is 5.60. The van der Waals surface area contributed by atoms with Gasteiger partial charge in [0.15, 0.2) is 0 Å². The van der Waals surface area contributed by atoms with Crippen LogP contribution in [0.4, 0.5) is 5.69 Å². The summed E-state index contributed by atoms with van der Waals surface area (Å²) in [5.74, 6) is -0.462. The molecule has 0 radical (unpaired) electrons. The molecule has 1 aliphatic carbocycles. The van der Waals surface area contributed by atoms with Gasteiger partial charge in [-0.3, -0.25) is 0 Å². The van der Waals surface area contributed by atoms with Crippen molar-refractivity contribution in [3.05, 3.63) is 63.7 Å². The van der Waals surface area contributed by atoms with Crippen molar-refractivity contribution >= 4 is 35.1 Å². The summed E-state index contributed by atoms with van der Waals surface area (Å²) in [7, 11) is 1.54. The number of fused-ring (bicyclic) bond motifs is 2. The van der Waals surface area contributed by atoms with Crippen LogP contribution in [0.5, 0.6) is 5.75 Å². The molecular weight excluding hydrogens is 430 g/mol. The third-order valence-corrected chi connectivity index (χ3v) is 7.71. The average Bonchev–Trinajstić information content (AvgIpc) is 3.36. The highest BCUT2D eigenvalue weighted by molar-refractivity contribution is 7.98. The molecule has 0 saturated heterocycles. The van der Waals surface area contributed by atoms with Gasteiger partial charge in [-0.2, -0.15) is 0 Å². The Labute approximate surface area is 189 Å². The minimum absolute atomic E-state index is 0.203. The average molecular weight is 454 g/mol. The van der Waals surface area contributed by atoms with Gasteiger partial charge >= 0.3 is 5.97 Å². The normalized spacial score (nSPS) is 15.4. The van der Waals surface area contributed by atoms with Crippen molar-refractivity contribution in [1.82, 2.24) is 9.29 Å². The Morgan fingerprint density at radius 2 is 2.00 bits per heavy atom. The van der Waals surface area contributed by atoms with Gasteiger partial charge in [-0.15, -0.1) is 11.3 Å². The number of hydrogen-bond donors (Lipinski definition) is 2. The van der Waals surface area contributed by atoms with E-state index in [0.717, 1.165) is 29.5 Å². The molecule has 0 fully saturated rings. The Balaban J connectivity index is 1.24. The summed E-state index contributed by atoms with van der Waals surface area (Å²) in [4.78, 5) is 17.4. The van der Waals surface area contributed by atoms with E-state index in [0.29, 0.717) is 5.75 Å². The molecule has 0 atom stereocenters. The quantitative estimate of drug-likeness (QED) is 0.485. The van der Waals surface area contributed by atoms with E-state index >= 15 is 0 Å². The van der Waals surface area contributed by atoms with Gasteiger partial charge in [-0.25, -0.2) is 14.1 Å². The van der Waals surface area contributed by atoms with Crippen LogP contribution in [0.25, 0.3) is 10.6 Å². The second-order valence-electron chi connectivity index (χ2n) is 7.79. The molecule has 8 heteroatoms. The summed E-state index contributed by atoms with van der Waals surface area (Å²) in [6, 6.07) is 11.7. The van der Waals surface area contributed by atoms with Crippen LogP contribution in [-0.2, 0) is 25.9 Å². The first-order valence-corrected chi connectivity index (χ1v) is 11.9. The van der Waals surface area contributed by atoms with Gasteiger partial charge in [0.1, 0.15) is 10.8 Å². The van der Waals surface area contributed by atoms with E-state index in [1.807, 2.05) is 0 Å². The molecule has 0 spiro atoms. The Morgan fingerprint density at radius 3 is 2.77 bits per heavy atom. The van der Waals surface area contributed by atoms with Crippen LogP contribution in [0.1, 0.15) is 44.9 Å². The number of nitrogens with zero attached hydrogens (tertiary/aromatic N) is 2. The number of ether oxygens (including phenoxy) is 1. The number of methoxy groups -OCH3 is 1. The third kappa shape index (κ3) is 4.15. The number of aryl methyl sites for hydroxylation is 2. The number of hydrogen-bond acceptors (Lipinski definition) is 7. The fourth-order valence-corrected chi connectivity index (χ4v) is 6.03. The molecule has 2 aliphatic rings. The van der Waals surface area contributed by atoms with Crippen molar-refractivity contribution in [3.63, 3.8) is 0 Å². The zero-order chi connectivity index (χ0) is 21.4. The molecule has 5 rings (SSSR count). The lowest BCUT2D eigenvalue weighted by Gasteiger charge is -2.17. The molecule has 0 unspecified atom stereocenters. The molecule has 160 valence electrons. The van der Waals surface area contributed by atoms with E-state index in [4.69, 9.17) is 14.8 Å². The minimum atomic E-state index is -0.970. The Morgan fingerprint density at radius 1 is 1.16 bits per heavy atom.